The molecule has 1 saturated heterocycles. The molecule has 0 aromatic rings. The fourth-order valence-corrected chi connectivity index (χ4v) is 2.33. The standard InChI is InChI=1S/C11H22ClNO/c12-6-2-1-3-7-13-8-4-11(10-13)5-9-14/h11,14H,1-10H2. The zero-order valence-electron chi connectivity index (χ0n) is 8.92. The normalized spacial score (nSPS) is 23.1. The van der Waals surface area contributed by atoms with Crippen LogP contribution < -0.4 is 0 Å². The lowest BCUT2D eigenvalue weighted by atomic mass is 10.1. The van der Waals surface area contributed by atoms with Crippen LogP contribution in [0, 0.1) is 5.92 Å². The van der Waals surface area contributed by atoms with Gasteiger partial charge in [0.15, 0.2) is 0 Å². The Bertz CT molecular complexity index is 143. The highest BCUT2D eigenvalue weighted by molar-refractivity contribution is 6.17. The molecule has 0 spiro atoms. The summed E-state index contributed by atoms with van der Waals surface area (Å²) in [6, 6.07) is 0. The lowest BCUT2D eigenvalue weighted by Gasteiger charge is -2.15. The van der Waals surface area contributed by atoms with Gasteiger partial charge >= 0.3 is 0 Å². The van der Waals surface area contributed by atoms with E-state index in [1.807, 2.05) is 0 Å². The molecule has 1 atom stereocenters. The van der Waals surface area contributed by atoms with E-state index < -0.39 is 0 Å². The highest BCUT2D eigenvalue weighted by Gasteiger charge is 2.20. The van der Waals surface area contributed by atoms with Gasteiger partial charge in [-0.15, -0.1) is 11.6 Å². The Morgan fingerprint density at radius 2 is 2.14 bits per heavy atom. The second-order valence-electron chi connectivity index (χ2n) is 4.22. The maximum absolute atomic E-state index is 8.83. The first-order valence-corrected chi connectivity index (χ1v) is 6.29. The summed E-state index contributed by atoms with van der Waals surface area (Å²) in [5.74, 6) is 1.54. The number of aliphatic hydroxyl groups excluding tert-OH is 1. The van der Waals surface area contributed by atoms with Gasteiger partial charge in [0.1, 0.15) is 0 Å². The molecule has 1 aliphatic rings. The summed E-state index contributed by atoms with van der Waals surface area (Å²) in [6.07, 6.45) is 5.94. The maximum atomic E-state index is 8.83. The fourth-order valence-electron chi connectivity index (χ4n) is 2.14. The van der Waals surface area contributed by atoms with E-state index in [0.29, 0.717) is 6.61 Å². The first-order chi connectivity index (χ1) is 6.86. The van der Waals surface area contributed by atoms with E-state index in [9.17, 15) is 0 Å². The number of hydrogen-bond donors (Lipinski definition) is 1. The lowest BCUT2D eigenvalue weighted by Crippen LogP contribution is -2.22. The second kappa shape index (κ2) is 7.49. The largest absolute Gasteiger partial charge is 0.396 e. The van der Waals surface area contributed by atoms with Gasteiger partial charge in [0.2, 0.25) is 0 Å². The van der Waals surface area contributed by atoms with Gasteiger partial charge in [-0.1, -0.05) is 6.42 Å². The molecule has 84 valence electrons. The number of aliphatic hydroxyl groups is 1. The summed E-state index contributed by atoms with van der Waals surface area (Å²) < 4.78 is 0. The van der Waals surface area contributed by atoms with Gasteiger partial charge < -0.3 is 10.0 Å². The summed E-state index contributed by atoms with van der Waals surface area (Å²) in [4.78, 5) is 2.52. The molecule has 0 aliphatic carbocycles. The SMILES string of the molecule is OCCC1CCN(CCCCCCl)C1. The molecular formula is C11H22ClNO. The third kappa shape index (κ3) is 4.63. The quantitative estimate of drug-likeness (QED) is 0.524. The van der Waals surface area contributed by atoms with Gasteiger partial charge in [-0.05, 0) is 44.7 Å². The Hall–Kier alpha value is 0.210. The van der Waals surface area contributed by atoms with E-state index in [4.69, 9.17) is 16.7 Å². The van der Waals surface area contributed by atoms with Crippen LogP contribution in [0.2, 0.25) is 0 Å². The van der Waals surface area contributed by atoms with Crippen molar-refractivity contribution in [1.29, 1.82) is 0 Å². The van der Waals surface area contributed by atoms with E-state index in [0.717, 1.165) is 24.6 Å². The van der Waals surface area contributed by atoms with Gasteiger partial charge in [-0.2, -0.15) is 0 Å². The minimum atomic E-state index is 0.352. The molecule has 14 heavy (non-hydrogen) atoms. The van der Waals surface area contributed by atoms with Crippen LogP contribution in [-0.4, -0.2) is 42.1 Å². The molecule has 0 bridgehead atoms. The Balaban J connectivity index is 1.98. The van der Waals surface area contributed by atoms with Crippen molar-refractivity contribution in [2.75, 3.05) is 32.1 Å². The molecule has 0 saturated carbocycles. The molecule has 0 aromatic heterocycles. The zero-order chi connectivity index (χ0) is 10.2. The minimum absolute atomic E-state index is 0.352. The number of halogens is 1. The third-order valence-electron chi connectivity index (χ3n) is 3.02. The molecule has 1 fully saturated rings. The molecule has 1 rings (SSSR count). The van der Waals surface area contributed by atoms with Crippen molar-refractivity contribution >= 4 is 11.6 Å². The second-order valence-corrected chi connectivity index (χ2v) is 4.60. The van der Waals surface area contributed by atoms with Crippen LogP contribution in [0.4, 0.5) is 0 Å². The van der Waals surface area contributed by atoms with Crippen LogP contribution in [0.3, 0.4) is 0 Å². The lowest BCUT2D eigenvalue weighted by molar-refractivity contribution is 0.250. The molecule has 2 nitrogen and oxygen atoms in total. The van der Waals surface area contributed by atoms with Gasteiger partial charge in [0.25, 0.3) is 0 Å². The highest BCUT2D eigenvalue weighted by atomic mass is 35.5. The van der Waals surface area contributed by atoms with Crippen LogP contribution in [-0.2, 0) is 0 Å². The zero-order valence-corrected chi connectivity index (χ0v) is 9.68. The van der Waals surface area contributed by atoms with Crippen molar-refractivity contribution < 1.29 is 5.11 Å². The molecule has 1 N–H and O–H groups in total. The van der Waals surface area contributed by atoms with Crippen molar-refractivity contribution in [2.24, 2.45) is 5.92 Å². The molecule has 1 heterocycles. The smallest absolute Gasteiger partial charge is 0.0434 e. The molecule has 3 heteroatoms. The van der Waals surface area contributed by atoms with Crippen LogP contribution in [0.5, 0.6) is 0 Å². The summed E-state index contributed by atoms with van der Waals surface area (Å²) >= 11 is 5.62. The highest BCUT2D eigenvalue weighted by Crippen LogP contribution is 2.19. The van der Waals surface area contributed by atoms with E-state index in [1.54, 1.807) is 0 Å². The molecular weight excluding hydrogens is 198 g/mol. The number of alkyl halides is 1. The Labute approximate surface area is 92.2 Å². The Morgan fingerprint density at radius 1 is 1.29 bits per heavy atom. The van der Waals surface area contributed by atoms with Crippen LogP contribution in [0.25, 0.3) is 0 Å². The number of rotatable bonds is 7. The van der Waals surface area contributed by atoms with Crippen molar-refractivity contribution in [2.45, 2.75) is 32.1 Å². The number of hydrogen-bond acceptors (Lipinski definition) is 2. The Morgan fingerprint density at radius 3 is 2.86 bits per heavy atom. The van der Waals surface area contributed by atoms with Gasteiger partial charge in [-0.25, -0.2) is 0 Å². The molecule has 0 radical (unpaired) electrons. The van der Waals surface area contributed by atoms with Gasteiger partial charge in [0, 0.05) is 19.0 Å². The number of unbranched alkanes of at least 4 members (excludes halogenated alkanes) is 2. The predicted octanol–water partition coefficient (Wildman–Crippen LogP) is 2.10. The average Bonchev–Trinajstić information content (AvgIpc) is 2.61. The van der Waals surface area contributed by atoms with Crippen LogP contribution in [0.15, 0.2) is 0 Å². The summed E-state index contributed by atoms with van der Waals surface area (Å²) in [5, 5.41) is 8.83. The topological polar surface area (TPSA) is 23.5 Å². The molecule has 0 amide bonds. The van der Waals surface area contributed by atoms with E-state index in [2.05, 4.69) is 4.90 Å². The summed E-state index contributed by atoms with van der Waals surface area (Å²) in [5.41, 5.74) is 0. The first kappa shape index (κ1) is 12.3. The van der Waals surface area contributed by atoms with E-state index >= 15 is 0 Å². The maximum Gasteiger partial charge on any atom is 0.0434 e. The molecule has 1 unspecified atom stereocenters. The van der Waals surface area contributed by atoms with E-state index in [-0.39, 0.29) is 0 Å². The van der Waals surface area contributed by atoms with Crippen molar-refractivity contribution in [1.82, 2.24) is 4.90 Å². The summed E-state index contributed by atoms with van der Waals surface area (Å²) in [6.45, 7) is 4.00. The molecule has 0 aromatic carbocycles. The van der Waals surface area contributed by atoms with Crippen LogP contribution in [0.1, 0.15) is 32.1 Å². The van der Waals surface area contributed by atoms with Crippen molar-refractivity contribution in [3.63, 3.8) is 0 Å². The fraction of sp³-hybridized carbons (Fsp3) is 1.00. The van der Waals surface area contributed by atoms with Crippen molar-refractivity contribution in [3.8, 4) is 0 Å². The minimum Gasteiger partial charge on any atom is -0.396 e. The third-order valence-corrected chi connectivity index (χ3v) is 3.28. The number of nitrogens with zero attached hydrogens (tertiary/aromatic N) is 1. The monoisotopic (exact) mass is 219 g/mol. The summed E-state index contributed by atoms with van der Waals surface area (Å²) in [7, 11) is 0. The van der Waals surface area contributed by atoms with E-state index in [1.165, 1.54) is 38.9 Å². The van der Waals surface area contributed by atoms with Crippen molar-refractivity contribution in [3.05, 3.63) is 0 Å². The Kier molecular flexibility index (Phi) is 6.57. The molecule has 1 aliphatic heterocycles. The van der Waals surface area contributed by atoms with Crippen LogP contribution >= 0.6 is 11.6 Å². The average molecular weight is 220 g/mol. The van der Waals surface area contributed by atoms with Gasteiger partial charge in [0.05, 0.1) is 0 Å². The van der Waals surface area contributed by atoms with Gasteiger partial charge in [-0.3, -0.25) is 0 Å². The number of likely N-dealkylation sites (tertiary alicyclic amines) is 1. The first-order valence-electron chi connectivity index (χ1n) is 5.76. The predicted molar refractivity (Wildman–Crippen MR) is 60.8 cm³/mol.